The standard InChI is InChI=1S/C19H17NS/c21-15-16-11-13-19(14-12-16)20(17-7-3-1-4-8-17)18-9-5-2-6-10-18/h1-14,21H,15H2. The summed E-state index contributed by atoms with van der Waals surface area (Å²) in [5, 5.41) is 0. The highest BCUT2D eigenvalue weighted by atomic mass is 32.1. The predicted octanol–water partition coefficient (Wildman–Crippen LogP) is 5.59. The van der Waals surface area contributed by atoms with E-state index in [0.717, 1.165) is 22.8 Å². The molecular weight excluding hydrogens is 274 g/mol. The summed E-state index contributed by atoms with van der Waals surface area (Å²) in [6, 6.07) is 29.4. The maximum Gasteiger partial charge on any atom is 0.0461 e. The van der Waals surface area contributed by atoms with Crippen LogP contribution in [0.3, 0.4) is 0 Å². The van der Waals surface area contributed by atoms with Crippen LogP contribution in [-0.2, 0) is 5.75 Å². The highest BCUT2D eigenvalue weighted by Gasteiger charge is 2.11. The molecule has 0 saturated carbocycles. The molecule has 104 valence electrons. The van der Waals surface area contributed by atoms with Crippen LogP contribution in [0.5, 0.6) is 0 Å². The lowest BCUT2D eigenvalue weighted by molar-refractivity contribution is 1.27. The minimum Gasteiger partial charge on any atom is -0.311 e. The summed E-state index contributed by atoms with van der Waals surface area (Å²) in [5.74, 6) is 0.761. The number of thiol groups is 1. The van der Waals surface area contributed by atoms with Crippen molar-refractivity contribution >= 4 is 29.7 Å². The zero-order chi connectivity index (χ0) is 14.5. The van der Waals surface area contributed by atoms with E-state index in [9.17, 15) is 0 Å². The molecule has 0 bridgehead atoms. The normalized spacial score (nSPS) is 10.3. The van der Waals surface area contributed by atoms with E-state index in [1.807, 2.05) is 12.1 Å². The maximum atomic E-state index is 4.32. The third kappa shape index (κ3) is 3.11. The molecule has 3 aromatic rings. The van der Waals surface area contributed by atoms with E-state index in [-0.39, 0.29) is 0 Å². The molecule has 0 radical (unpaired) electrons. The van der Waals surface area contributed by atoms with Crippen molar-refractivity contribution in [3.8, 4) is 0 Å². The van der Waals surface area contributed by atoms with E-state index in [1.54, 1.807) is 0 Å². The Morgan fingerprint density at radius 1 is 0.571 bits per heavy atom. The number of anilines is 3. The summed E-state index contributed by atoms with van der Waals surface area (Å²) in [6.45, 7) is 0. The zero-order valence-electron chi connectivity index (χ0n) is 11.7. The van der Waals surface area contributed by atoms with E-state index in [1.165, 1.54) is 5.56 Å². The Kier molecular flexibility index (Phi) is 4.27. The Morgan fingerprint density at radius 3 is 1.43 bits per heavy atom. The zero-order valence-corrected chi connectivity index (χ0v) is 12.6. The Labute approximate surface area is 131 Å². The Hall–Kier alpha value is -2.19. The molecular formula is C19H17NS. The molecule has 1 nitrogen and oxygen atoms in total. The van der Waals surface area contributed by atoms with Crippen LogP contribution in [-0.4, -0.2) is 0 Å². The average Bonchev–Trinajstić information content (AvgIpc) is 2.58. The SMILES string of the molecule is SCc1ccc(N(c2ccccc2)c2ccccc2)cc1. The lowest BCUT2D eigenvalue weighted by atomic mass is 10.1. The van der Waals surface area contributed by atoms with Crippen LogP contribution in [0.15, 0.2) is 84.9 Å². The summed E-state index contributed by atoms with van der Waals surface area (Å²) in [7, 11) is 0. The van der Waals surface area contributed by atoms with Gasteiger partial charge in [-0.15, -0.1) is 0 Å². The third-order valence-electron chi connectivity index (χ3n) is 3.41. The van der Waals surface area contributed by atoms with Crippen molar-refractivity contribution in [1.82, 2.24) is 0 Å². The summed E-state index contributed by atoms with van der Waals surface area (Å²) in [6.07, 6.45) is 0. The number of nitrogens with zero attached hydrogens (tertiary/aromatic N) is 1. The Morgan fingerprint density at radius 2 is 1.00 bits per heavy atom. The van der Waals surface area contributed by atoms with Crippen molar-refractivity contribution in [1.29, 1.82) is 0 Å². The van der Waals surface area contributed by atoms with Crippen molar-refractivity contribution in [3.05, 3.63) is 90.5 Å². The average molecular weight is 291 g/mol. The first-order chi connectivity index (χ1) is 10.4. The van der Waals surface area contributed by atoms with E-state index < -0.39 is 0 Å². The van der Waals surface area contributed by atoms with Crippen LogP contribution in [0.4, 0.5) is 17.1 Å². The summed E-state index contributed by atoms with van der Waals surface area (Å²) < 4.78 is 0. The van der Waals surface area contributed by atoms with Crippen molar-refractivity contribution in [2.75, 3.05) is 4.90 Å². The molecule has 0 atom stereocenters. The maximum absolute atomic E-state index is 4.32. The van der Waals surface area contributed by atoms with Crippen molar-refractivity contribution in [3.63, 3.8) is 0 Å². The quantitative estimate of drug-likeness (QED) is 0.614. The van der Waals surface area contributed by atoms with E-state index in [2.05, 4.69) is 90.3 Å². The molecule has 0 amide bonds. The van der Waals surface area contributed by atoms with Gasteiger partial charge in [-0.05, 0) is 42.0 Å². The third-order valence-corrected chi connectivity index (χ3v) is 3.77. The van der Waals surface area contributed by atoms with E-state index in [0.29, 0.717) is 0 Å². The van der Waals surface area contributed by atoms with Gasteiger partial charge in [0.2, 0.25) is 0 Å². The topological polar surface area (TPSA) is 3.24 Å². The van der Waals surface area contributed by atoms with Gasteiger partial charge in [-0.25, -0.2) is 0 Å². The molecule has 0 aliphatic heterocycles. The lowest BCUT2D eigenvalue weighted by Crippen LogP contribution is -2.09. The Balaban J connectivity index is 2.07. The highest BCUT2D eigenvalue weighted by Crippen LogP contribution is 2.33. The second-order valence-electron chi connectivity index (χ2n) is 4.83. The van der Waals surface area contributed by atoms with Crippen molar-refractivity contribution in [2.45, 2.75) is 5.75 Å². The van der Waals surface area contributed by atoms with Crippen LogP contribution in [0.1, 0.15) is 5.56 Å². The number of rotatable bonds is 4. The van der Waals surface area contributed by atoms with Gasteiger partial charge in [-0.3, -0.25) is 0 Å². The first-order valence-corrected chi connectivity index (χ1v) is 7.62. The molecule has 0 unspecified atom stereocenters. The molecule has 0 saturated heterocycles. The smallest absolute Gasteiger partial charge is 0.0461 e. The molecule has 0 aromatic heterocycles. The van der Waals surface area contributed by atoms with Gasteiger partial charge in [-0.2, -0.15) is 12.6 Å². The van der Waals surface area contributed by atoms with Crippen LogP contribution >= 0.6 is 12.6 Å². The number of benzene rings is 3. The monoisotopic (exact) mass is 291 g/mol. The fourth-order valence-corrected chi connectivity index (χ4v) is 2.56. The number of para-hydroxylation sites is 2. The van der Waals surface area contributed by atoms with Crippen LogP contribution in [0, 0.1) is 0 Å². The minimum absolute atomic E-state index is 0.761. The second-order valence-corrected chi connectivity index (χ2v) is 5.15. The summed E-state index contributed by atoms with van der Waals surface area (Å²) >= 11 is 4.32. The molecule has 0 aliphatic carbocycles. The predicted molar refractivity (Wildman–Crippen MR) is 93.8 cm³/mol. The van der Waals surface area contributed by atoms with Crippen LogP contribution in [0.2, 0.25) is 0 Å². The van der Waals surface area contributed by atoms with Gasteiger partial charge in [0.15, 0.2) is 0 Å². The minimum atomic E-state index is 0.761. The molecule has 0 aliphatic rings. The number of hydrogen-bond donors (Lipinski definition) is 1. The molecule has 2 heteroatoms. The van der Waals surface area contributed by atoms with Gasteiger partial charge < -0.3 is 4.90 Å². The first-order valence-electron chi connectivity index (χ1n) is 6.98. The van der Waals surface area contributed by atoms with Gasteiger partial charge in [0, 0.05) is 22.8 Å². The van der Waals surface area contributed by atoms with Crippen LogP contribution < -0.4 is 4.90 Å². The van der Waals surface area contributed by atoms with Gasteiger partial charge in [0.1, 0.15) is 0 Å². The molecule has 0 N–H and O–H groups in total. The molecule has 3 rings (SSSR count). The molecule has 0 fully saturated rings. The van der Waals surface area contributed by atoms with Gasteiger partial charge >= 0.3 is 0 Å². The fourth-order valence-electron chi connectivity index (χ4n) is 2.35. The van der Waals surface area contributed by atoms with Crippen LogP contribution in [0.25, 0.3) is 0 Å². The molecule has 0 spiro atoms. The fraction of sp³-hybridized carbons (Fsp3) is 0.0526. The van der Waals surface area contributed by atoms with E-state index in [4.69, 9.17) is 0 Å². The van der Waals surface area contributed by atoms with Gasteiger partial charge in [-0.1, -0.05) is 48.5 Å². The summed E-state index contributed by atoms with van der Waals surface area (Å²) in [5.41, 5.74) is 4.69. The van der Waals surface area contributed by atoms with Crippen molar-refractivity contribution in [2.24, 2.45) is 0 Å². The summed E-state index contributed by atoms with van der Waals surface area (Å²) in [4.78, 5) is 2.25. The Bertz CT molecular complexity index is 638. The molecule has 3 aromatic carbocycles. The largest absolute Gasteiger partial charge is 0.311 e. The molecule has 21 heavy (non-hydrogen) atoms. The van der Waals surface area contributed by atoms with Crippen molar-refractivity contribution < 1.29 is 0 Å². The number of hydrogen-bond acceptors (Lipinski definition) is 2. The van der Waals surface area contributed by atoms with E-state index >= 15 is 0 Å². The highest BCUT2D eigenvalue weighted by molar-refractivity contribution is 7.79. The second kappa shape index (κ2) is 6.51. The lowest BCUT2D eigenvalue weighted by Gasteiger charge is -2.25. The molecule has 0 heterocycles. The first kappa shape index (κ1) is 13.8. The van der Waals surface area contributed by atoms with Gasteiger partial charge in [0.25, 0.3) is 0 Å². The van der Waals surface area contributed by atoms with Gasteiger partial charge in [0.05, 0.1) is 0 Å².